The maximum atomic E-state index is 11.5. The van der Waals surface area contributed by atoms with Crippen molar-refractivity contribution in [3.05, 3.63) is 0 Å². The van der Waals surface area contributed by atoms with E-state index in [0.29, 0.717) is 19.4 Å². The molecule has 7 nitrogen and oxygen atoms in total. The average Bonchev–Trinajstić information content (AvgIpc) is 2.34. The SMILES string of the molecule is CNC(=O)C(C)(C)CNC(=O)NCCCCC(=O)O. The molecule has 0 aliphatic heterocycles. The predicted molar refractivity (Wildman–Crippen MR) is 70.7 cm³/mol. The first-order chi connectivity index (χ1) is 8.79. The zero-order valence-electron chi connectivity index (χ0n) is 11.7. The molecule has 0 aromatic heterocycles. The molecule has 0 unspecified atom stereocenters. The van der Waals surface area contributed by atoms with E-state index in [1.54, 1.807) is 20.9 Å². The van der Waals surface area contributed by atoms with Gasteiger partial charge >= 0.3 is 12.0 Å². The Hall–Kier alpha value is -1.79. The number of amides is 3. The highest BCUT2D eigenvalue weighted by Gasteiger charge is 2.26. The molecule has 19 heavy (non-hydrogen) atoms. The Morgan fingerprint density at radius 2 is 1.74 bits per heavy atom. The summed E-state index contributed by atoms with van der Waals surface area (Å²) in [6.45, 7) is 4.12. The van der Waals surface area contributed by atoms with Gasteiger partial charge < -0.3 is 21.1 Å². The molecule has 0 atom stereocenters. The lowest BCUT2D eigenvalue weighted by Gasteiger charge is -2.22. The fourth-order valence-electron chi connectivity index (χ4n) is 1.39. The lowest BCUT2D eigenvalue weighted by Crippen LogP contribution is -2.46. The van der Waals surface area contributed by atoms with Crippen molar-refractivity contribution in [3.63, 3.8) is 0 Å². The minimum Gasteiger partial charge on any atom is -0.481 e. The maximum absolute atomic E-state index is 11.5. The molecule has 0 saturated heterocycles. The smallest absolute Gasteiger partial charge is 0.314 e. The Morgan fingerprint density at radius 3 is 2.26 bits per heavy atom. The summed E-state index contributed by atoms with van der Waals surface area (Å²) in [7, 11) is 1.55. The summed E-state index contributed by atoms with van der Waals surface area (Å²) >= 11 is 0. The zero-order chi connectivity index (χ0) is 14.9. The lowest BCUT2D eigenvalue weighted by molar-refractivity contribution is -0.137. The van der Waals surface area contributed by atoms with Crippen LogP contribution in [0.2, 0.25) is 0 Å². The molecule has 0 spiro atoms. The summed E-state index contributed by atoms with van der Waals surface area (Å²) in [5.74, 6) is -0.981. The first-order valence-corrected chi connectivity index (χ1v) is 6.25. The molecule has 4 N–H and O–H groups in total. The molecule has 0 saturated carbocycles. The van der Waals surface area contributed by atoms with Crippen molar-refractivity contribution in [1.29, 1.82) is 0 Å². The van der Waals surface area contributed by atoms with Gasteiger partial charge in [-0.05, 0) is 26.7 Å². The number of unbranched alkanes of at least 4 members (excludes halogenated alkanes) is 1. The monoisotopic (exact) mass is 273 g/mol. The number of aliphatic carboxylic acids is 1. The third kappa shape index (κ3) is 8.01. The van der Waals surface area contributed by atoms with E-state index in [1.807, 2.05) is 0 Å². The van der Waals surface area contributed by atoms with Crippen molar-refractivity contribution in [2.75, 3.05) is 20.1 Å². The summed E-state index contributed by atoms with van der Waals surface area (Å²) in [5.41, 5.74) is -0.671. The van der Waals surface area contributed by atoms with Crippen LogP contribution in [0.1, 0.15) is 33.1 Å². The molecule has 7 heteroatoms. The molecule has 3 amide bonds. The van der Waals surface area contributed by atoms with Crippen molar-refractivity contribution in [1.82, 2.24) is 16.0 Å². The molecule has 0 radical (unpaired) electrons. The largest absolute Gasteiger partial charge is 0.481 e. The van der Waals surface area contributed by atoms with Gasteiger partial charge in [-0.15, -0.1) is 0 Å². The van der Waals surface area contributed by atoms with Crippen molar-refractivity contribution in [2.24, 2.45) is 5.41 Å². The number of hydrogen-bond acceptors (Lipinski definition) is 3. The van der Waals surface area contributed by atoms with E-state index in [9.17, 15) is 14.4 Å². The highest BCUT2D eigenvalue weighted by atomic mass is 16.4. The Balaban J connectivity index is 3.76. The number of hydrogen-bond donors (Lipinski definition) is 4. The first-order valence-electron chi connectivity index (χ1n) is 6.25. The van der Waals surface area contributed by atoms with Crippen molar-refractivity contribution in [3.8, 4) is 0 Å². The standard InChI is InChI=1S/C12H23N3O4/c1-12(2,10(18)13-3)8-15-11(19)14-7-5-4-6-9(16)17/h4-8H2,1-3H3,(H,13,18)(H,16,17)(H2,14,15,19). The van der Waals surface area contributed by atoms with Gasteiger partial charge in [0.1, 0.15) is 0 Å². The molecule has 0 aliphatic carbocycles. The third-order valence-corrected chi connectivity index (χ3v) is 2.64. The van der Waals surface area contributed by atoms with Crippen LogP contribution in [0, 0.1) is 5.41 Å². The van der Waals surface area contributed by atoms with Crippen LogP contribution in [0.4, 0.5) is 4.79 Å². The van der Waals surface area contributed by atoms with Gasteiger partial charge in [0.05, 0.1) is 5.41 Å². The fraction of sp³-hybridized carbons (Fsp3) is 0.750. The second-order valence-corrected chi connectivity index (χ2v) is 4.92. The molecular weight excluding hydrogens is 250 g/mol. The highest BCUT2D eigenvalue weighted by molar-refractivity contribution is 5.82. The lowest BCUT2D eigenvalue weighted by atomic mass is 9.92. The van der Waals surface area contributed by atoms with Crippen LogP contribution >= 0.6 is 0 Å². The summed E-state index contributed by atoms with van der Waals surface area (Å²) in [4.78, 5) is 33.2. The van der Waals surface area contributed by atoms with Crippen molar-refractivity contribution in [2.45, 2.75) is 33.1 Å². The van der Waals surface area contributed by atoms with E-state index in [-0.39, 0.29) is 24.9 Å². The van der Waals surface area contributed by atoms with Crippen LogP contribution in [0.15, 0.2) is 0 Å². The van der Waals surface area contributed by atoms with Crippen molar-refractivity contribution < 1.29 is 19.5 Å². The van der Waals surface area contributed by atoms with Gasteiger partial charge in [0.25, 0.3) is 0 Å². The molecule has 0 aromatic carbocycles. The molecule has 0 fully saturated rings. The Labute approximate surface area is 113 Å². The summed E-state index contributed by atoms with van der Waals surface area (Å²) in [6.07, 6.45) is 1.24. The van der Waals surface area contributed by atoms with Crippen LogP contribution in [0.3, 0.4) is 0 Å². The summed E-state index contributed by atoms with van der Waals surface area (Å²) in [5, 5.41) is 16.2. The number of urea groups is 1. The number of carbonyl (C=O) groups excluding carboxylic acids is 2. The van der Waals surface area contributed by atoms with E-state index in [4.69, 9.17) is 5.11 Å². The number of carboxylic acid groups (broad SMARTS) is 1. The van der Waals surface area contributed by atoms with E-state index >= 15 is 0 Å². The zero-order valence-corrected chi connectivity index (χ0v) is 11.7. The minimum absolute atomic E-state index is 0.104. The van der Waals surface area contributed by atoms with Gasteiger partial charge in [-0.3, -0.25) is 9.59 Å². The van der Waals surface area contributed by atoms with E-state index in [1.165, 1.54) is 0 Å². The topological polar surface area (TPSA) is 108 Å². The van der Waals surface area contributed by atoms with E-state index < -0.39 is 11.4 Å². The first kappa shape index (κ1) is 17.2. The van der Waals surface area contributed by atoms with Gasteiger partial charge in [0, 0.05) is 26.6 Å². The highest BCUT2D eigenvalue weighted by Crippen LogP contribution is 2.12. The third-order valence-electron chi connectivity index (χ3n) is 2.64. The molecule has 0 rings (SSSR count). The number of rotatable bonds is 8. The molecule has 0 aliphatic rings. The van der Waals surface area contributed by atoms with Crippen molar-refractivity contribution >= 4 is 17.9 Å². The number of nitrogens with one attached hydrogen (secondary N) is 3. The second-order valence-electron chi connectivity index (χ2n) is 4.92. The Bertz CT molecular complexity index is 329. The number of carboxylic acids is 1. The van der Waals surface area contributed by atoms with Crippen LogP contribution in [0.5, 0.6) is 0 Å². The van der Waals surface area contributed by atoms with Crippen LogP contribution in [-0.4, -0.2) is 43.2 Å². The Morgan fingerprint density at radius 1 is 1.11 bits per heavy atom. The van der Waals surface area contributed by atoms with Gasteiger partial charge in [-0.2, -0.15) is 0 Å². The molecule has 0 aromatic rings. The molecule has 110 valence electrons. The maximum Gasteiger partial charge on any atom is 0.314 e. The van der Waals surface area contributed by atoms with Gasteiger partial charge in [0.2, 0.25) is 5.91 Å². The van der Waals surface area contributed by atoms with E-state index in [2.05, 4.69) is 16.0 Å². The Kier molecular flexibility index (Phi) is 7.55. The normalized spacial score (nSPS) is 10.7. The fourth-order valence-corrected chi connectivity index (χ4v) is 1.39. The van der Waals surface area contributed by atoms with E-state index in [0.717, 1.165) is 0 Å². The molecule has 0 bridgehead atoms. The van der Waals surface area contributed by atoms with Gasteiger partial charge in [-0.1, -0.05) is 0 Å². The number of carbonyl (C=O) groups is 3. The second kappa shape index (κ2) is 8.34. The molecule has 0 heterocycles. The van der Waals surface area contributed by atoms with Gasteiger partial charge in [-0.25, -0.2) is 4.79 Å². The van der Waals surface area contributed by atoms with Gasteiger partial charge in [0.15, 0.2) is 0 Å². The average molecular weight is 273 g/mol. The minimum atomic E-state index is -0.836. The summed E-state index contributed by atoms with van der Waals surface area (Å²) < 4.78 is 0. The van der Waals surface area contributed by atoms with Crippen LogP contribution < -0.4 is 16.0 Å². The van der Waals surface area contributed by atoms with Crippen LogP contribution in [0.25, 0.3) is 0 Å². The molecular formula is C12H23N3O4. The quantitative estimate of drug-likeness (QED) is 0.477. The predicted octanol–water partition coefficient (Wildman–Crippen LogP) is 0.313. The van der Waals surface area contributed by atoms with Crippen LogP contribution in [-0.2, 0) is 9.59 Å². The summed E-state index contributed by atoms with van der Waals surface area (Å²) in [6, 6.07) is -0.354.